The number of amides is 4. The second-order valence-electron chi connectivity index (χ2n) is 11.9. The summed E-state index contributed by atoms with van der Waals surface area (Å²) in [5, 5.41) is 3.07. The molecular formula is C27H36FN3O4. The molecule has 4 fully saturated rings. The van der Waals surface area contributed by atoms with Crippen molar-refractivity contribution in [2.75, 3.05) is 26.3 Å². The number of rotatable bonds is 5. The van der Waals surface area contributed by atoms with E-state index in [4.69, 9.17) is 4.74 Å². The molecule has 0 spiro atoms. The Labute approximate surface area is 206 Å². The molecule has 3 heterocycles. The Morgan fingerprint density at radius 2 is 1.69 bits per heavy atom. The van der Waals surface area contributed by atoms with Gasteiger partial charge in [-0.05, 0) is 53.7 Å². The molecule has 35 heavy (non-hydrogen) atoms. The first kappa shape index (κ1) is 24.2. The lowest BCUT2D eigenvalue weighted by Gasteiger charge is -2.41. The molecule has 4 amide bonds. The minimum atomic E-state index is -1.11. The number of hydrogen-bond acceptors (Lipinski definition) is 4. The molecule has 190 valence electrons. The van der Waals surface area contributed by atoms with Crippen molar-refractivity contribution < 1.29 is 23.5 Å². The molecule has 5 rings (SSSR count). The largest absolute Gasteiger partial charge is 0.379 e. The molecule has 0 bridgehead atoms. The Balaban J connectivity index is 1.37. The Hall–Kier alpha value is -2.48. The van der Waals surface area contributed by atoms with Crippen LogP contribution in [-0.4, -0.2) is 65.5 Å². The molecule has 1 aliphatic carbocycles. The summed E-state index contributed by atoms with van der Waals surface area (Å²) in [6.07, 6.45) is 2.18. The maximum absolute atomic E-state index is 13.9. The van der Waals surface area contributed by atoms with Crippen LogP contribution in [0.25, 0.3) is 0 Å². The van der Waals surface area contributed by atoms with Gasteiger partial charge in [0, 0.05) is 32.0 Å². The van der Waals surface area contributed by atoms with Gasteiger partial charge >= 0.3 is 6.03 Å². The normalized spacial score (nSPS) is 30.6. The molecule has 4 aliphatic rings. The summed E-state index contributed by atoms with van der Waals surface area (Å²) >= 11 is 0. The number of urea groups is 1. The van der Waals surface area contributed by atoms with Crippen molar-refractivity contribution in [1.82, 2.24) is 15.1 Å². The number of nitrogens with one attached hydrogen (secondary N) is 1. The van der Waals surface area contributed by atoms with E-state index < -0.39 is 5.54 Å². The van der Waals surface area contributed by atoms with E-state index in [1.54, 1.807) is 12.1 Å². The first-order valence-electron chi connectivity index (χ1n) is 12.8. The summed E-state index contributed by atoms with van der Waals surface area (Å²) in [4.78, 5) is 43.6. The summed E-state index contributed by atoms with van der Waals surface area (Å²) in [5.41, 5.74) is -0.358. The Morgan fingerprint density at radius 3 is 2.23 bits per heavy atom. The lowest BCUT2D eigenvalue weighted by Crippen LogP contribution is -2.58. The van der Waals surface area contributed by atoms with Gasteiger partial charge in [-0.1, -0.05) is 39.8 Å². The van der Waals surface area contributed by atoms with Crippen LogP contribution in [0.1, 0.15) is 52.5 Å². The first-order valence-corrected chi connectivity index (χ1v) is 12.8. The van der Waals surface area contributed by atoms with Gasteiger partial charge in [-0.25, -0.2) is 9.18 Å². The van der Waals surface area contributed by atoms with E-state index in [1.165, 1.54) is 17.0 Å². The number of ether oxygens (including phenoxy) is 1. The molecule has 1 saturated carbocycles. The summed E-state index contributed by atoms with van der Waals surface area (Å²) in [7, 11) is 0. The quantitative estimate of drug-likeness (QED) is 0.649. The van der Waals surface area contributed by atoms with E-state index in [-0.39, 0.29) is 52.4 Å². The van der Waals surface area contributed by atoms with Gasteiger partial charge in [0.15, 0.2) is 0 Å². The van der Waals surface area contributed by atoms with Crippen LogP contribution in [0.2, 0.25) is 0 Å². The molecule has 3 saturated heterocycles. The van der Waals surface area contributed by atoms with Gasteiger partial charge in [0.2, 0.25) is 5.91 Å². The molecule has 0 aromatic heterocycles. The number of nitrogens with zero attached hydrogens (tertiary/aromatic N) is 2. The zero-order valence-electron chi connectivity index (χ0n) is 21.1. The van der Waals surface area contributed by atoms with Crippen LogP contribution in [0.15, 0.2) is 24.3 Å². The van der Waals surface area contributed by atoms with Crippen molar-refractivity contribution in [2.45, 2.75) is 65.0 Å². The zero-order valence-corrected chi connectivity index (χ0v) is 21.1. The van der Waals surface area contributed by atoms with Crippen LogP contribution < -0.4 is 5.32 Å². The predicted octanol–water partition coefficient (Wildman–Crippen LogP) is 3.37. The lowest BCUT2D eigenvalue weighted by atomic mass is 9.73. The SMILES string of the molecule is CC1(C)C(C(=O)N2CCC([C@@]3(Cc4ccc(F)cc4)NC(=O)N([C@H]4CCOC4)C3=O)CC2)C1(C)C. The minimum Gasteiger partial charge on any atom is -0.379 e. The topological polar surface area (TPSA) is 79.0 Å². The van der Waals surface area contributed by atoms with Crippen LogP contribution in [0, 0.1) is 28.5 Å². The van der Waals surface area contributed by atoms with Gasteiger partial charge in [-0.3, -0.25) is 14.5 Å². The summed E-state index contributed by atoms with van der Waals surface area (Å²) < 4.78 is 19.0. The molecule has 3 aliphatic heterocycles. The second-order valence-corrected chi connectivity index (χ2v) is 11.9. The summed E-state index contributed by atoms with van der Waals surface area (Å²) in [6.45, 7) is 10.6. The Bertz CT molecular complexity index is 1010. The van der Waals surface area contributed by atoms with Crippen molar-refractivity contribution in [3.05, 3.63) is 35.6 Å². The predicted molar refractivity (Wildman–Crippen MR) is 128 cm³/mol. The fraction of sp³-hybridized carbons (Fsp3) is 0.667. The highest BCUT2D eigenvalue weighted by Gasteiger charge is 2.69. The monoisotopic (exact) mass is 485 g/mol. The van der Waals surface area contributed by atoms with Crippen LogP contribution >= 0.6 is 0 Å². The number of hydrogen-bond donors (Lipinski definition) is 1. The highest BCUT2D eigenvalue weighted by Crippen LogP contribution is 2.68. The number of carbonyl (C=O) groups is 3. The number of imide groups is 1. The van der Waals surface area contributed by atoms with E-state index in [9.17, 15) is 18.8 Å². The molecule has 8 heteroatoms. The fourth-order valence-corrected chi connectivity index (χ4v) is 6.72. The molecule has 7 nitrogen and oxygen atoms in total. The second kappa shape index (κ2) is 8.29. The van der Waals surface area contributed by atoms with Gasteiger partial charge < -0.3 is 15.0 Å². The van der Waals surface area contributed by atoms with Crippen LogP contribution in [-0.2, 0) is 20.7 Å². The van der Waals surface area contributed by atoms with E-state index >= 15 is 0 Å². The van der Waals surface area contributed by atoms with Crippen molar-refractivity contribution >= 4 is 17.8 Å². The van der Waals surface area contributed by atoms with Gasteiger partial charge in [0.05, 0.1) is 12.6 Å². The maximum Gasteiger partial charge on any atom is 0.325 e. The Morgan fingerprint density at radius 1 is 1.06 bits per heavy atom. The molecule has 0 radical (unpaired) electrons. The van der Waals surface area contributed by atoms with Crippen LogP contribution in [0.4, 0.5) is 9.18 Å². The molecule has 2 atom stereocenters. The Kier molecular flexibility index (Phi) is 5.74. The number of likely N-dealkylation sites (tertiary alicyclic amines) is 1. The molecule has 1 aromatic rings. The molecule has 0 unspecified atom stereocenters. The van der Waals surface area contributed by atoms with Crippen LogP contribution in [0.5, 0.6) is 0 Å². The third kappa shape index (κ3) is 3.76. The minimum absolute atomic E-state index is 0.00500. The first-order chi connectivity index (χ1) is 16.5. The molecule has 1 aromatic carbocycles. The van der Waals surface area contributed by atoms with Crippen molar-refractivity contribution in [3.8, 4) is 0 Å². The highest BCUT2D eigenvalue weighted by atomic mass is 19.1. The van der Waals surface area contributed by atoms with Crippen molar-refractivity contribution in [2.24, 2.45) is 22.7 Å². The molecular weight excluding hydrogens is 449 g/mol. The van der Waals surface area contributed by atoms with Gasteiger partial charge in [0.1, 0.15) is 11.4 Å². The van der Waals surface area contributed by atoms with Gasteiger partial charge in [-0.15, -0.1) is 0 Å². The number of benzene rings is 1. The van der Waals surface area contributed by atoms with Gasteiger partial charge in [0.25, 0.3) is 5.91 Å². The standard InChI is InChI=1S/C27H36FN3O4/c1-25(2)21(26(25,3)4)22(32)30-12-9-18(10-13-30)27(15-17-5-7-19(28)8-6-17)23(33)31(24(34)29-27)20-11-14-35-16-20/h5-8,18,20-21H,9-16H2,1-4H3,(H,29,34)/t20-,27+/m0/s1. The smallest absolute Gasteiger partial charge is 0.325 e. The third-order valence-electron chi connectivity index (χ3n) is 9.59. The van der Waals surface area contributed by atoms with Crippen LogP contribution in [0.3, 0.4) is 0 Å². The van der Waals surface area contributed by atoms with E-state index in [0.29, 0.717) is 52.0 Å². The van der Waals surface area contributed by atoms with E-state index in [0.717, 1.165) is 5.56 Å². The van der Waals surface area contributed by atoms with Crippen molar-refractivity contribution in [3.63, 3.8) is 0 Å². The van der Waals surface area contributed by atoms with Crippen molar-refractivity contribution in [1.29, 1.82) is 0 Å². The van der Waals surface area contributed by atoms with E-state index in [2.05, 4.69) is 33.0 Å². The average molecular weight is 486 g/mol. The van der Waals surface area contributed by atoms with E-state index in [1.807, 2.05) is 4.90 Å². The number of carbonyl (C=O) groups excluding carboxylic acids is 3. The van der Waals surface area contributed by atoms with Gasteiger partial charge in [-0.2, -0.15) is 0 Å². The highest BCUT2D eigenvalue weighted by molar-refractivity contribution is 6.07. The zero-order chi connectivity index (χ0) is 25.2. The maximum atomic E-state index is 13.9. The fourth-order valence-electron chi connectivity index (χ4n) is 6.72. The average Bonchev–Trinajstić information content (AvgIpc) is 3.22. The number of piperidine rings is 1. The third-order valence-corrected chi connectivity index (χ3v) is 9.59. The summed E-state index contributed by atoms with van der Waals surface area (Å²) in [5.74, 6) is -0.493. The molecule has 1 N–H and O–H groups in total. The summed E-state index contributed by atoms with van der Waals surface area (Å²) in [6, 6.07) is 5.47. The number of halogens is 1. The lowest BCUT2D eigenvalue weighted by molar-refractivity contribution is -0.138.